The minimum absolute atomic E-state index is 0.0699. The third-order valence-corrected chi connectivity index (χ3v) is 4.09. The van der Waals surface area contributed by atoms with Crippen molar-refractivity contribution in [3.8, 4) is 17.2 Å². The lowest BCUT2D eigenvalue weighted by molar-refractivity contribution is -0.141. The van der Waals surface area contributed by atoms with Gasteiger partial charge in [-0.05, 0) is 24.3 Å². The number of amides is 1. The molecule has 144 valence electrons. The van der Waals surface area contributed by atoms with E-state index in [-0.39, 0.29) is 30.9 Å². The van der Waals surface area contributed by atoms with E-state index < -0.39 is 11.9 Å². The zero-order chi connectivity index (χ0) is 19.6. The Morgan fingerprint density at radius 1 is 1.11 bits per heavy atom. The van der Waals surface area contributed by atoms with E-state index in [1.807, 2.05) is 0 Å². The van der Waals surface area contributed by atoms with Gasteiger partial charge in [0.25, 0.3) is 5.91 Å². The predicted octanol–water partition coefficient (Wildman–Crippen LogP) is 3.02. The monoisotopic (exact) mass is 382 g/mol. The van der Waals surface area contributed by atoms with Crippen LogP contribution in [0.25, 0.3) is 0 Å². The lowest BCUT2D eigenvalue weighted by Crippen LogP contribution is -2.56. The third-order valence-electron chi connectivity index (χ3n) is 4.09. The molecule has 0 N–H and O–H groups in total. The summed E-state index contributed by atoms with van der Waals surface area (Å²) >= 11 is 0. The Morgan fingerprint density at radius 3 is 2.44 bits per heavy atom. The molecule has 2 aromatic rings. The molecule has 2 heterocycles. The van der Waals surface area contributed by atoms with Crippen molar-refractivity contribution in [1.82, 2.24) is 9.88 Å². The summed E-state index contributed by atoms with van der Waals surface area (Å²) in [6, 6.07) is 7.03. The molecule has 0 unspecified atom stereocenters. The van der Waals surface area contributed by atoms with Gasteiger partial charge in [0.2, 0.25) is 0 Å². The van der Waals surface area contributed by atoms with Crippen molar-refractivity contribution >= 4 is 5.91 Å². The number of carbonyl (C=O) groups is 1. The van der Waals surface area contributed by atoms with Gasteiger partial charge in [0, 0.05) is 17.8 Å². The van der Waals surface area contributed by atoms with Crippen LogP contribution in [0, 0.1) is 0 Å². The SMILES string of the molecule is COc1ccc(C(=O)N2CC(Oc3ccnc(C(F)(F)F)c3)C2)cc1OC. The van der Waals surface area contributed by atoms with Crippen LogP contribution in [0.1, 0.15) is 16.1 Å². The number of rotatable bonds is 5. The van der Waals surface area contributed by atoms with Gasteiger partial charge >= 0.3 is 6.18 Å². The van der Waals surface area contributed by atoms with Gasteiger partial charge in [-0.3, -0.25) is 9.78 Å². The van der Waals surface area contributed by atoms with E-state index in [1.165, 1.54) is 25.2 Å². The Kier molecular flexibility index (Phi) is 5.11. The number of ether oxygens (including phenoxy) is 3. The van der Waals surface area contributed by atoms with Crippen molar-refractivity contribution in [1.29, 1.82) is 0 Å². The normalized spacial score (nSPS) is 14.5. The van der Waals surface area contributed by atoms with E-state index in [9.17, 15) is 18.0 Å². The number of carbonyl (C=O) groups excluding carboxylic acids is 1. The number of nitrogens with zero attached hydrogens (tertiary/aromatic N) is 2. The molecule has 0 saturated carbocycles. The molecule has 1 amide bonds. The highest BCUT2D eigenvalue weighted by Gasteiger charge is 2.35. The van der Waals surface area contributed by atoms with Crippen molar-refractivity contribution in [2.24, 2.45) is 0 Å². The maximum atomic E-state index is 12.7. The maximum absolute atomic E-state index is 12.7. The number of alkyl halides is 3. The van der Waals surface area contributed by atoms with Crippen LogP contribution in [-0.2, 0) is 6.18 Å². The first kappa shape index (κ1) is 18.8. The fraction of sp³-hybridized carbons (Fsp3) is 0.333. The summed E-state index contributed by atoms with van der Waals surface area (Å²) in [5.41, 5.74) is -0.591. The Labute approximate surface area is 153 Å². The minimum Gasteiger partial charge on any atom is -0.493 e. The number of likely N-dealkylation sites (tertiary alicyclic amines) is 1. The van der Waals surface area contributed by atoms with Crippen molar-refractivity contribution in [2.75, 3.05) is 27.3 Å². The molecule has 1 aromatic heterocycles. The zero-order valence-corrected chi connectivity index (χ0v) is 14.6. The van der Waals surface area contributed by atoms with E-state index in [0.29, 0.717) is 17.1 Å². The van der Waals surface area contributed by atoms with Crippen LogP contribution in [0.15, 0.2) is 36.5 Å². The number of methoxy groups -OCH3 is 2. The predicted molar refractivity (Wildman–Crippen MR) is 89.1 cm³/mol. The van der Waals surface area contributed by atoms with E-state index in [4.69, 9.17) is 14.2 Å². The van der Waals surface area contributed by atoms with Gasteiger partial charge in [-0.2, -0.15) is 13.2 Å². The Balaban J connectivity index is 1.60. The van der Waals surface area contributed by atoms with E-state index in [2.05, 4.69) is 4.98 Å². The summed E-state index contributed by atoms with van der Waals surface area (Å²) in [7, 11) is 2.98. The molecule has 0 spiro atoms. The average molecular weight is 382 g/mol. The summed E-state index contributed by atoms with van der Waals surface area (Å²) in [5, 5.41) is 0. The maximum Gasteiger partial charge on any atom is 0.433 e. The van der Waals surface area contributed by atoms with Gasteiger partial charge in [0.05, 0.1) is 27.3 Å². The van der Waals surface area contributed by atoms with E-state index in [0.717, 1.165) is 12.3 Å². The molecule has 0 bridgehead atoms. The summed E-state index contributed by atoms with van der Waals surface area (Å²) in [4.78, 5) is 17.3. The fourth-order valence-corrected chi connectivity index (χ4v) is 2.66. The highest BCUT2D eigenvalue weighted by molar-refractivity contribution is 5.95. The minimum atomic E-state index is -4.53. The molecule has 0 aliphatic carbocycles. The van der Waals surface area contributed by atoms with E-state index >= 15 is 0 Å². The number of aromatic nitrogens is 1. The molecule has 1 aliphatic rings. The Morgan fingerprint density at radius 2 is 1.81 bits per heavy atom. The molecule has 1 saturated heterocycles. The molecular weight excluding hydrogens is 365 g/mol. The molecule has 1 fully saturated rings. The van der Waals surface area contributed by atoms with Crippen LogP contribution in [0.5, 0.6) is 17.2 Å². The Hall–Kier alpha value is -2.97. The second-order valence-electron chi connectivity index (χ2n) is 5.89. The van der Waals surface area contributed by atoms with Crippen LogP contribution in [0.4, 0.5) is 13.2 Å². The molecule has 27 heavy (non-hydrogen) atoms. The number of benzene rings is 1. The van der Waals surface area contributed by atoms with Crippen molar-refractivity contribution in [3.05, 3.63) is 47.8 Å². The van der Waals surface area contributed by atoms with Crippen LogP contribution >= 0.6 is 0 Å². The topological polar surface area (TPSA) is 60.9 Å². The largest absolute Gasteiger partial charge is 0.493 e. The molecule has 1 aromatic carbocycles. The lowest BCUT2D eigenvalue weighted by Gasteiger charge is -2.39. The third kappa shape index (κ3) is 4.07. The first-order chi connectivity index (χ1) is 12.8. The van der Waals surface area contributed by atoms with Gasteiger partial charge in [-0.15, -0.1) is 0 Å². The van der Waals surface area contributed by atoms with Crippen molar-refractivity contribution in [3.63, 3.8) is 0 Å². The standard InChI is InChI=1S/C18H17F3N2O4/c1-25-14-4-3-11(7-15(14)26-2)17(24)23-9-13(10-23)27-12-5-6-22-16(8-12)18(19,20)21/h3-8,13H,9-10H2,1-2H3. The molecule has 0 atom stereocenters. The second kappa shape index (κ2) is 7.34. The summed E-state index contributed by atoms with van der Waals surface area (Å²) < 4.78 is 53.9. The number of pyridine rings is 1. The van der Waals surface area contributed by atoms with Crippen LogP contribution in [-0.4, -0.2) is 49.2 Å². The van der Waals surface area contributed by atoms with Crippen LogP contribution < -0.4 is 14.2 Å². The highest BCUT2D eigenvalue weighted by Crippen LogP contribution is 2.31. The van der Waals surface area contributed by atoms with Gasteiger partial charge in [-0.1, -0.05) is 0 Å². The van der Waals surface area contributed by atoms with Crippen LogP contribution in [0.3, 0.4) is 0 Å². The molecular formula is C18H17F3N2O4. The van der Waals surface area contributed by atoms with Crippen molar-refractivity contribution < 1.29 is 32.2 Å². The number of hydrogen-bond acceptors (Lipinski definition) is 5. The Bertz CT molecular complexity index is 836. The molecule has 3 rings (SSSR count). The summed E-state index contributed by atoms with van der Waals surface area (Å²) in [6.45, 7) is 0.549. The number of halogens is 3. The number of hydrogen-bond donors (Lipinski definition) is 0. The molecule has 6 nitrogen and oxygen atoms in total. The quantitative estimate of drug-likeness (QED) is 0.796. The fourth-order valence-electron chi connectivity index (χ4n) is 2.66. The highest BCUT2D eigenvalue weighted by atomic mass is 19.4. The lowest BCUT2D eigenvalue weighted by atomic mass is 10.1. The van der Waals surface area contributed by atoms with Crippen molar-refractivity contribution in [2.45, 2.75) is 12.3 Å². The summed E-state index contributed by atoms with van der Waals surface area (Å²) in [6.07, 6.45) is -3.87. The molecule has 1 aliphatic heterocycles. The first-order valence-electron chi connectivity index (χ1n) is 8.03. The smallest absolute Gasteiger partial charge is 0.433 e. The van der Waals surface area contributed by atoms with E-state index in [1.54, 1.807) is 18.2 Å². The van der Waals surface area contributed by atoms with Gasteiger partial charge < -0.3 is 19.1 Å². The zero-order valence-electron chi connectivity index (χ0n) is 14.6. The first-order valence-corrected chi connectivity index (χ1v) is 8.03. The second-order valence-corrected chi connectivity index (χ2v) is 5.89. The van der Waals surface area contributed by atoms with Gasteiger partial charge in [-0.25, -0.2) is 0 Å². The average Bonchev–Trinajstić information content (AvgIpc) is 2.62. The molecule has 0 radical (unpaired) electrons. The molecule has 9 heteroatoms. The van der Waals surface area contributed by atoms with Gasteiger partial charge in [0.1, 0.15) is 17.5 Å². The van der Waals surface area contributed by atoms with Gasteiger partial charge in [0.15, 0.2) is 11.5 Å². The van der Waals surface area contributed by atoms with Crippen LogP contribution in [0.2, 0.25) is 0 Å². The summed E-state index contributed by atoms with van der Waals surface area (Å²) in [5.74, 6) is 0.798.